The first-order valence-corrected chi connectivity index (χ1v) is 14.6. The Balaban J connectivity index is 1.69. The second-order valence-corrected chi connectivity index (χ2v) is 10.3. The van der Waals surface area contributed by atoms with Crippen LogP contribution in [0.2, 0.25) is 1.41 Å². The molecule has 0 saturated heterocycles. The van der Waals surface area contributed by atoms with Crippen molar-refractivity contribution < 1.29 is 34.8 Å². The molecule has 0 fully saturated rings. The third kappa shape index (κ3) is 9.55. The summed E-state index contributed by atoms with van der Waals surface area (Å²) in [6, 6.07) is 11.6. The first kappa shape index (κ1) is 31.0. The van der Waals surface area contributed by atoms with Gasteiger partial charge in [0.15, 0.2) is 7.20 Å². The van der Waals surface area contributed by atoms with E-state index in [9.17, 15) is 19.2 Å². The number of Topliss-reactive ketones (excluding diaryl/α,β-unsaturated/α-hetero) is 1. The molecule has 9 nitrogen and oxygen atoms in total. The summed E-state index contributed by atoms with van der Waals surface area (Å²) < 4.78 is 23.3. The molecule has 1 aliphatic carbocycles. The van der Waals surface area contributed by atoms with Crippen LogP contribution >= 0.6 is 0 Å². The summed E-state index contributed by atoms with van der Waals surface area (Å²) in [7, 11) is 0. The minimum atomic E-state index is -0.851. The molecule has 0 aliphatic heterocycles. The standard InChI is InChI=1S/C33H42N2O7/c1-3-4-18-40-20-16-35-31(38)12-5-8-24-13-14-26-28(21-24)29(22-42-33(34)39)25-9-6-10-27(32(25)26)30(37)11-7-19-41-23(2)15-17-36/h6,9-10,13-14,17,21,29H,2-5,7-8,11-12,15-16,18-20,22H2,1H3,(H2,34,39)(H,35,38)/i/hD. The normalized spacial score (nSPS) is 13.4. The summed E-state index contributed by atoms with van der Waals surface area (Å²) in [5.74, 6) is 0.0204. The van der Waals surface area contributed by atoms with Gasteiger partial charge in [0.05, 0.1) is 25.4 Å². The molecule has 1 atom stereocenters. The van der Waals surface area contributed by atoms with Gasteiger partial charge in [-0.25, -0.2) is 4.79 Å². The zero-order chi connectivity index (χ0) is 31.0. The molecular formula is C33H42N2O7. The second kappa shape index (κ2) is 17.1. The molecule has 0 aromatic heterocycles. The molecular weight excluding hydrogens is 536 g/mol. The molecule has 1 unspecified atom stereocenters. The monoisotopic (exact) mass is 579 g/mol. The topological polar surface area (TPSA) is 134 Å². The van der Waals surface area contributed by atoms with Crippen molar-refractivity contribution in [3.63, 3.8) is 0 Å². The largest absolute Gasteiger partial charge is 0.498 e. The number of nitrogens with two attached hydrogens (primary N) is 1. The fraction of sp³-hybridized carbons (Fsp3) is 0.455. The summed E-state index contributed by atoms with van der Waals surface area (Å²) in [6.07, 6.45) is 4.57. The first-order valence-electron chi connectivity index (χ1n) is 15.1. The molecule has 0 bridgehead atoms. The van der Waals surface area contributed by atoms with Gasteiger partial charge in [0, 0.05) is 37.5 Å². The molecule has 3 N–H and O–H groups in total. The highest BCUT2D eigenvalue weighted by molar-refractivity contribution is 6.04. The van der Waals surface area contributed by atoms with Crippen molar-refractivity contribution in [3.05, 3.63) is 71.0 Å². The number of carbonyl (C=O) groups is 4. The minimum Gasteiger partial charge on any atom is -0.498 e. The molecule has 0 heterocycles. The van der Waals surface area contributed by atoms with E-state index in [1.165, 1.54) is 0 Å². The van der Waals surface area contributed by atoms with E-state index in [0.29, 0.717) is 56.8 Å². The first-order chi connectivity index (χ1) is 20.9. The number of unbranched alkanes of at least 4 members (excludes halogenated alkanes) is 1. The molecule has 0 saturated carbocycles. The van der Waals surface area contributed by atoms with Crippen LogP contribution in [0.25, 0.3) is 11.1 Å². The lowest BCUT2D eigenvalue weighted by atomic mass is 9.93. The summed E-state index contributed by atoms with van der Waals surface area (Å²) in [6.45, 7) is 7.80. The SMILES string of the molecule is [2H]NC(=O)OCC1c2cc(CCCC(=O)NCCOCCCC)ccc2-c2c(C(=O)CCCOC(=C)CC=O)cccc21. The molecule has 42 heavy (non-hydrogen) atoms. The number of primary amides is 1. The summed E-state index contributed by atoms with van der Waals surface area (Å²) in [5, 5.41) is 2.89. The van der Waals surface area contributed by atoms with Crippen LogP contribution in [0.3, 0.4) is 0 Å². The highest BCUT2D eigenvalue weighted by Gasteiger charge is 2.32. The number of carbonyl (C=O) groups excluding carboxylic acids is 4. The van der Waals surface area contributed by atoms with E-state index in [1.54, 1.807) is 11.8 Å². The lowest BCUT2D eigenvalue weighted by Crippen LogP contribution is -2.27. The number of nitrogens with one attached hydrogen (secondary N) is 1. The maximum atomic E-state index is 13.3. The van der Waals surface area contributed by atoms with Crippen LogP contribution in [0, 0.1) is 0 Å². The fourth-order valence-corrected chi connectivity index (χ4v) is 5.07. The number of benzene rings is 2. The predicted octanol–water partition coefficient (Wildman–Crippen LogP) is 5.23. The van der Waals surface area contributed by atoms with E-state index in [0.717, 1.165) is 46.9 Å². The van der Waals surface area contributed by atoms with Gasteiger partial charge in [-0.2, -0.15) is 0 Å². The smallest absolute Gasteiger partial charge is 0.404 e. The maximum Gasteiger partial charge on any atom is 0.404 e. The van der Waals surface area contributed by atoms with Crippen molar-refractivity contribution in [1.29, 1.82) is 0 Å². The Hall–Kier alpha value is -3.98. The van der Waals surface area contributed by atoms with E-state index in [1.807, 2.05) is 24.3 Å². The molecule has 2 amide bonds. The van der Waals surface area contributed by atoms with Gasteiger partial charge in [-0.3, -0.25) is 9.59 Å². The Kier molecular flexibility index (Phi) is 12.6. The fourth-order valence-electron chi connectivity index (χ4n) is 5.07. The molecule has 1 aliphatic rings. The Labute approximate surface area is 249 Å². The molecule has 226 valence electrons. The van der Waals surface area contributed by atoms with E-state index in [4.69, 9.17) is 15.6 Å². The highest BCUT2D eigenvalue weighted by Crippen LogP contribution is 2.47. The van der Waals surface area contributed by atoms with Gasteiger partial charge in [0.1, 0.15) is 12.9 Å². The zero-order valence-electron chi connectivity index (χ0n) is 25.4. The van der Waals surface area contributed by atoms with Gasteiger partial charge >= 0.3 is 6.09 Å². The Bertz CT molecular complexity index is 1280. The van der Waals surface area contributed by atoms with E-state index >= 15 is 0 Å². The van der Waals surface area contributed by atoms with E-state index in [2.05, 4.69) is 24.9 Å². The van der Waals surface area contributed by atoms with Crippen molar-refractivity contribution >= 4 is 24.1 Å². The third-order valence-corrected chi connectivity index (χ3v) is 7.16. The number of hydrogen-bond acceptors (Lipinski definition) is 7. The van der Waals surface area contributed by atoms with Crippen LogP contribution in [-0.2, 0) is 30.2 Å². The lowest BCUT2D eigenvalue weighted by Gasteiger charge is -2.14. The molecule has 9 heteroatoms. The number of aldehydes is 1. The van der Waals surface area contributed by atoms with Gasteiger partial charge in [-0.1, -0.05) is 56.3 Å². The van der Waals surface area contributed by atoms with Crippen molar-refractivity contribution in [2.24, 2.45) is 5.73 Å². The summed E-state index contributed by atoms with van der Waals surface area (Å²) in [5.41, 5.74) is 6.90. The molecule has 3 rings (SSSR count). The van der Waals surface area contributed by atoms with Crippen LogP contribution in [-0.4, -0.2) is 57.0 Å². The number of ether oxygens (including phenoxy) is 3. The van der Waals surface area contributed by atoms with Gasteiger partial charge in [-0.15, -0.1) is 0 Å². The number of allylic oxidation sites excluding steroid dienone is 1. The molecule has 0 spiro atoms. The third-order valence-electron chi connectivity index (χ3n) is 7.16. The average Bonchev–Trinajstić information content (AvgIpc) is 3.32. The van der Waals surface area contributed by atoms with Crippen molar-refractivity contribution in [3.8, 4) is 11.1 Å². The van der Waals surface area contributed by atoms with Crippen LogP contribution < -0.4 is 11.0 Å². The summed E-state index contributed by atoms with van der Waals surface area (Å²) >= 11 is 0. The van der Waals surface area contributed by atoms with Crippen LogP contribution in [0.4, 0.5) is 4.79 Å². The Morgan fingerprint density at radius 2 is 1.90 bits per heavy atom. The van der Waals surface area contributed by atoms with Crippen LogP contribution in [0.5, 0.6) is 0 Å². The van der Waals surface area contributed by atoms with Crippen LogP contribution in [0.1, 0.15) is 84.8 Å². The molecule has 2 aromatic carbocycles. The number of aryl methyl sites for hydroxylation is 1. The Morgan fingerprint density at radius 1 is 1.05 bits per heavy atom. The van der Waals surface area contributed by atoms with Crippen LogP contribution in [0.15, 0.2) is 48.7 Å². The number of fused-ring (bicyclic) bond motifs is 3. The maximum absolute atomic E-state index is 13.3. The number of rotatable bonds is 20. The highest BCUT2D eigenvalue weighted by atomic mass is 16.5. The Morgan fingerprint density at radius 3 is 2.69 bits per heavy atom. The van der Waals surface area contributed by atoms with E-state index in [-0.39, 0.29) is 43.7 Å². The molecule has 2 aromatic rings. The number of hydrogen-bond donors (Lipinski definition) is 2. The molecule has 0 radical (unpaired) electrons. The van der Waals surface area contributed by atoms with Crippen molar-refractivity contribution in [2.45, 2.75) is 64.2 Å². The number of ketones is 1. The average molecular weight is 580 g/mol. The van der Waals surface area contributed by atoms with Gasteiger partial charge < -0.3 is 30.0 Å². The van der Waals surface area contributed by atoms with E-state index < -0.39 is 6.09 Å². The lowest BCUT2D eigenvalue weighted by molar-refractivity contribution is -0.121. The van der Waals surface area contributed by atoms with Crippen molar-refractivity contribution in [2.75, 3.05) is 33.0 Å². The zero-order valence-corrected chi connectivity index (χ0v) is 24.4. The summed E-state index contributed by atoms with van der Waals surface area (Å²) in [4.78, 5) is 47.9. The van der Waals surface area contributed by atoms with Gasteiger partial charge in [0.25, 0.3) is 0 Å². The predicted molar refractivity (Wildman–Crippen MR) is 160 cm³/mol. The van der Waals surface area contributed by atoms with Crippen molar-refractivity contribution in [1.82, 2.24) is 5.32 Å². The second-order valence-electron chi connectivity index (χ2n) is 10.3. The van der Waals surface area contributed by atoms with Gasteiger partial charge in [-0.05, 0) is 53.5 Å². The minimum absolute atomic E-state index is 0.0121. The van der Waals surface area contributed by atoms with Gasteiger partial charge in [0.2, 0.25) is 5.91 Å². The number of amides is 2. The quantitative estimate of drug-likeness (QED) is 0.0949.